The lowest BCUT2D eigenvalue weighted by Gasteiger charge is -2.15. The Labute approximate surface area is 75.6 Å². The molecule has 0 aliphatic rings. The van der Waals surface area contributed by atoms with Gasteiger partial charge in [-0.3, -0.25) is 0 Å². The van der Waals surface area contributed by atoms with E-state index >= 15 is 0 Å². The molecule has 2 N–H and O–H groups in total. The molecule has 12 heavy (non-hydrogen) atoms. The van der Waals surface area contributed by atoms with Gasteiger partial charge in [0.2, 0.25) is 0 Å². The van der Waals surface area contributed by atoms with Gasteiger partial charge in [-0.1, -0.05) is 39.5 Å². The molecule has 0 unspecified atom stereocenters. The van der Waals surface area contributed by atoms with Crippen molar-refractivity contribution in [3.05, 3.63) is 0 Å². The lowest BCUT2D eigenvalue weighted by atomic mass is 10.0. The summed E-state index contributed by atoms with van der Waals surface area (Å²) in [5.41, 5.74) is 0. The summed E-state index contributed by atoms with van der Waals surface area (Å²) in [5, 5.41) is 18.6. The smallest absolute Gasteiger partial charge is 0.0799 e. The highest BCUT2D eigenvalue weighted by Gasteiger charge is 2.12. The Morgan fingerprint density at radius 3 is 2.08 bits per heavy atom. The summed E-state index contributed by atoms with van der Waals surface area (Å²) in [5.74, 6) is 0. The third-order valence-corrected chi connectivity index (χ3v) is 2.22. The van der Waals surface area contributed by atoms with Crippen LogP contribution in [0.4, 0.5) is 0 Å². The van der Waals surface area contributed by atoms with Crippen molar-refractivity contribution in [3.8, 4) is 0 Å². The summed E-state index contributed by atoms with van der Waals surface area (Å²) in [7, 11) is 0. The number of rotatable bonds is 7. The second-order valence-electron chi connectivity index (χ2n) is 3.39. The van der Waals surface area contributed by atoms with Gasteiger partial charge in [0.15, 0.2) is 0 Å². The van der Waals surface area contributed by atoms with E-state index in [9.17, 15) is 10.2 Å². The minimum atomic E-state index is -0.522. The molecule has 0 saturated carbocycles. The summed E-state index contributed by atoms with van der Waals surface area (Å²) in [6.07, 6.45) is 5.01. The fourth-order valence-electron chi connectivity index (χ4n) is 1.24. The summed E-state index contributed by atoms with van der Waals surface area (Å²) in [6.45, 7) is 4.05. The predicted molar refractivity (Wildman–Crippen MR) is 51.1 cm³/mol. The van der Waals surface area contributed by atoms with Gasteiger partial charge in [0.05, 0.1) is 12.2 Å². The van der Waals surface area contributed by atoms with Crippen LogP contribution in [-0.2, 0) is 0 Å². The molecule has 0 aromatic heterocycles. The maximum absolute atomic E-state index is 9.37. The van der Waals surface area contributed by atoms with Crippen LogP contribution in [0, 0.1) is 0 Å². The zero-order valence-electron chi connectivity index (χ0n) is 8.29. The molecular weight excluding hydrogens is 152 g/mol. The fourth-order valence-corrected chi connectivity index (χ4v) is 1.24. The first kappa shape index (κ1) is 11.9. The Hall–Kier alpha value is -0.0800. The third-order valence-electron chi connectivity index (χ3n) is 2.22. The Balaban J connectivity index is 3.24. The highest BCUT2D eigenvalue weighted by atomic mass is 16.3. The SMILES string of the molecule is CCCCCC[C@@H](O)[C@H](O)CC. The molecule has 0 aliphatic heterocycles. The van der Waals surface area contributed by atoms with Crippen LogP contribution in [0.25, 0.3) is 0 Å². The van der Waals surface area contributed by atoms with Crippen LogP contribution >= 0.6 is 0 Å². The molecule has 0 spiro atoms. The van der Waals surface area contributed by atoms with E-state index in [2.05, 4.69) is 6.92 Å². The van der Waals surface area contributed by atoms with Gasteiger partial charge in [-0.2, -0.15) is 0 Å². The monoisotopic (exact) mass is 174 g/mol. The van der Waals surface area contributed by atoms with Gasteiger partial charge >= 0.3 is 0 Å². The van der Waals surface area contributed by atoms with Crippen LogP contribution in [0.1, 0.15) is 52.4 Å². The molecule has 0 aromatic rings. The molecule has 0 aliphatic carbocycles. The van der Waals surface area contributed by atoms with E-state index in [4.69, 9.17) is 0 Å². The van der Waals surface area contributed by atoms with E-state index in [1.54, 1.807) is 0 Å². The molecule has 0 aromatic carbocycles. The van der Waals surface area contributed by atoms with Crippen molar-refractivity contribution >= 4 is 0 Å². The van der Waals surface area contributed by atoms with Crippen LogP contribution in [-0.4, -0.2) is 22.4 Å². The molecule has 0 rings (SSSR count). The first-order chi connectivity index (χ1) is 5.72. The van der Waals surface area contributed by atoms with Gasteiger partial charge < -0.3 is 10.2 Å². The highest BCUT2D eigenvalue weighted by Crippen LogP contribution is 2.09. The number of aliphatic hydroxyl groups is 2. The van der Waals surface area contributed by atoms with E-state index in [1.807, 2.05) is 6.92 Å². The molecule has 0 bridgehead atoms. The van der Waals surface area contributed by atoms with Crippen LogP contribution in [0.2, 0.25) is 0 Å². The van der Waals surface area contributed by atoms with E-state index < -0.39 is 12.2 Å². The second-order valence-corrected chi connectivity index (χ2v) is 3.39. The number of hydrogen-bond donors (Lipinski definition) is 2. The molecule has 0 radical (unpaired) electrons. The zero-order chi connectivity index (χ0) is 9.40. The van der Waals surface area contributed by atoms with Crippen LogP contribution < -0.4 is 0 Å². The Kier molecular flexibility index (Phi) is 7.51. The Bertz CT molecular complexity index is 93.8. The molecule has 0 fully saturated rings. The van der Waals surface area contributed by atoms with Crippen LogP contribution in [0.15, 0.2) is 0 Å². The zero-order valence-corrected chi connectivity index (χ0v) is 8.29. The predicted octanol–water partition coefficient (Wildman–Crippen LogP) is 2.09. The average Bonchev–Trinajstić information content (AvgIpc) is 2.10. The fraction of sp³-hybridized carbons (Fsp3) is 1.00. The molecule has 74 valence electrons. The maximum Gasteiger partial charge on any atom is 0.0799 e. The topological polar surface area (TPSA) is 40.5 Å². The first-order valence-electron chi connectivity index (χ1n) is 5.08. The maximum atomic E-state index is 9.37. The lowest BCUT2D eigenvalue weighted by molar-refractivity contribution is 0.0114. The van der Waals surface area contributed by atoms with Gasteiger partial charge in [-0.25, -0.2) is 0 Å². The number of aliphatic hydroxyl groups excluding tert-OH is 2. The standard InChI is InChI=1S/C10H22O2/c1-3-5-6-7-8-10(12)9(11)4-2/h9-12H,3-8H2,1-2H3/t9-,10-/m1/s1. The van der Waals surface area contributed by atoms with Crippen molar-refractivity contribution in [2.75, 3.05) is 0 Å². The average molecular weight is 174 g/mol. The van der Waals surface area contributed by atoms with Gasteiger partial charge in [-0.05, 0) is 12.8 Å². The molecule has 2 heteroatoms. The largest absolute Gasteiger partial charge is 0.390 e. The van der Waals surface area contributed by atoms with E-state index in [0.29, 0.717) is 6.42 Å². The second kappa shape index (κ2) is 7.56. The van der Waals surface area contributed by atoms with Gasteiger partial charge in [0, 0.05) is 0 Å². The highest BCUT2D eigenvalue weighted by molar-refractivity contribution is 4.64. The summed E-state index contributed by atoms with van der Waals surface area (Å²) < 4.78 is 0. The normalized spacial score (nSPS) is 16.0. The van der Waals surface area contributed by atoms with Crippen molar-refractivity contribution in [1.82, 2.24) is 0 Å². The van der Waals surface area contributed by atoms with E-state index in [-0.39, 0.29) is 0 Å². The summed E-state index contributed by atoms with van der Waals surface area (Å²) >= 11 is 0. The summed E-state index contributed by atoms with van der Waals surface area (Å²) in [6, 6.07) is 0. The van der Waals surface area contributed by atoms with Crippen molar-refractivity contribution in [2.45, 2.75) is 64.6 Å². The van der Waals surface area contributed by atoms with Crippen LogP contribution in [0.5, 0.6) is 0 Å². The quantitative estimate of drug-likeness (QED) is 0.580. The van der Waals surface area contributed by atoms with E-state index in [1.165, 1.54) is 19.3 Å². The molecule has 0 heterocycles. The molecule has 2 nitrogen and oxygen atoms in total. The minimum absolute atomic E-state index is 0.508. The van der Waals surface area contributed by atoms with Gasteiger partial charge in [-0.15, -0.1) is 0 Å². The summed E-state index contributed by atoms with van der Waals surface area (Å²) in [4.78, 5) is 0. The molecule has 2 atom stereocenters. The van der Waals surface area contributed by atoms with Gasteiger partial charge in [0.1, 0.15) is 0 Å². The van der Waals surface area contributed by atoms with Gasteiger partial charge in [0.25, 0.3) is 0 Å². The number of hydrogen-bond acceptors (Lipinski definition) is 2. The van der Waals surface area contributed by atoms with Crippen LogP contribution in [0.3, 0.4) is 0 Å². The van der Waals surface area contributed by atoms with Crippen molar-refractivity contribution in [3.63, 3.8) is 0 Å². The first-order valence-corrected chi connectivity index (χ1v) is 5.08. The molecule has 0 saturated heterocycles. The van der Waals surface area contributed by atoms with Crippen molar-refractivity contribution < 1.29 is 10.2 Å². The van der Waals surface area contributed by atoms with E-state index in [0.717, 1.165) is 12.8 Å². The van der Waals surface area contributed by atoms with Crippen molar-refractivity contribution in [2.24, 2.45) is 0 Å². The Morgan fingerprint density at radius 1 is 0.917 bits per heavy atom. The lowest BCUT2D eigenvalue weighted by Crippen LogP contribution is -2.24. The third kappa shape index (κ3) is 5.56. The minimum Gasteiger partial charge on any atom is -0.390 e. The number of unbranched alkanes of at least 4 members (excludes halogenated alkanes) is 3. The molecule has 0 amide bonds. The van der Waals surface area contributed by atoms with Crippen molar-refractivity contribution in [1.29, 1.82) is 0 Å². The Morgan fingerprint density at radius 2 is 1.58 bits per heavy atom. The molecular formula is C10H22O2.